The Morgan fingerprint density at radius 2 is 1.24 bits per heavy atom. The first kappa shape index (κ1) is 59.6. The highest BCUT2D eigenvalue weighted by Crippen LogP contribution is 2.34. The maximum absolute atomic E-state index is 13.9. The third kappa shape index (κ3) is 13.7. The molecular formula is C54H60N12O16. The Balaban J connectivity index is 1.13. The fourth-order valence-electron chi connectivity index (χ4n) is 8.79. The number of aromatic nitrogens is 6. The van der Waals surface area contributed by atoms with Gasteiger partial charge in [-0.2, -0.15) is 0 Å². The van der Waals surface area contributed by atoms with Crippen LogP contribution >= 0.6 is 0 Å². The average molecular weight is 1130 g/mol. The summed E-state index contributed by atoms with van der Waals surface area (Å²) in [5.41, 5.74) is 11.9. The zero-order valence-corrected chi connectivity index (χ0v) is 45.8. The van der Waals surface area contributed by atoms with Crippen LogP contribution in [0.2, 0.25) is 0 Å². The number of nitrogens with one attached hydrogen (secondary N) is 3. The van der Waals surface area contributed by atoms with E-state index in [4.69, 9.17) is 34.5 Å². The Kier molecular flexibility index (Phi) is 18.5. The molecule has 1 aliphatic rings. The number of amides is 7. The molecule has 0 fully saturated rings. The first-order chi connectivity index (χ1) is 38.9. The molecule has 0 saturated heterocycles. The highest BCUT2D eigenvalue weighted by molar-refractivity contribution is 6.14. The van der Waals surface area contributed by atoms with Crippen LogP contribution in [0.4, 0.5) is 11.9 Å². The SMILES string of the molecule is CCc1nc(C)oc1C(=O)Nc1nc2cc(C(N)=O)cc(OC)c2n1C/C=C/Cn1c(NC(=O)c2oc(C)nc2CC)nc2cc(C(N)=O)cc(OCCCOC(=O)C(C)(C)CC(=O)[C@@H](CCC(=O)O)NC(=O)CN3C(=O)C=CC3=O)c21. The summed E-state index contributed by atoms with van der Waals surface area (Å²) in [5.74, 6) is -7.26. The van der Waals surface area contributed by atoms with E-state index in [-0.39, 0.29) is 114 Å². The lowest BCUT2D eigenvalue weighted by Crippen LogP contribution is -2.48. The van der Waals surface area contributed by atoms with Crippen molar-refractivity contribution in [2.24, 2.45) is 16.9 Å². The molecule has 1 aliphatic heterocycles. The monoisotopic (exact) mass is 1130 g/mol. The summed E-state index contributed by atoms with van der Waals surface area (Å²) in [6, 6.07) is 4.30. The normalized spacial score (nSPS) is 12.8. The number of aryl methyl sites for hydroxylation is 4. The van der Waals surface area contributed by atoms with Gasteiger partial charge in [-0.1, -0.05) is 26.0 Å². The van der Waals surface area contributed by atoms with Crippen molar-refractivity contribution in [1.29, 1.82) is 0 Å². The summed E-state index contributed by atoms with van der Waals surface area (Å²) in [4.78, 5) is 146. The number of nitrogens with zero attached hydrogens (tertiary/aromatic N) is 7. The largest absolute Gasteiger partial charge is 0.494 e. The number of benzene rings is 2. The minimum atomic E-state index is -1.49. The number of carboxylic acids is 1. The first-order valence-electron chi connectivity index (χ1n) is 25.7. The lowest BCUT2D eigenvalue weighted by molar-refractivity contribution is -0.156. The number of fused-ring (bicyclic) bond motifs is 2. The molecule has 0 saturated carbocycles. The van der Waals surface area contributed by atoms with E-state index in [0.717, 1.165) is 12.2 Å². The molecule has 28 nitrogen and oxygen atoms in total. The number of anilines is 2. The number of allylic oxidation sites excluding steroid dienone is 2. The summed E-state index contributed by atoms with van der Waals surface area (Å²) in [5, 5.41) is 17.3. The van der Waals surface area contributed by atoms with Crippen LogP contribution in [-0.4, -0.2) is 131 Å². The number of aliphatic carboxylic acids is 1. The number of carboxylic acid groups (broad SMARTS) is 1. The van der Waals surface area contributed by atoms with Gasteiger partial charge in [-0.05, 0) is 57.4 Å². The van der Waals surface area contributed by atoms with Gasteiger partial charge < -0.3 is 54.1 Å². The molecule has 0 radical (unpaired) electrons. The summed E-state index contributed by atoms with van der Waals surface area (Å²) < 4.78 is 32.0. The zero-order chi connectivity index (χ0) is 59.7. The van der Waals surface area contributed by atoms with E-state index in [1.54, 1.807) is 42.1 Å². The molecule has 1 atom stereocenters. The number of ketones is 1. The first-order valence-corrected chi connectivity index (χ1v) is 25.7. The van der Waals surface area contributed by atoms with E-state index >= 15 is 0 Å². The number of primary amides is 2. The summed E-state index contributed by atoms with van der Waals surface area (Å²) in [6.45, 7) is 8.56. The standard InChI is InChI=1S/C54H60N12O16/c1-8-31-45(81-27(3)57-31)49(75)62-52-60-34-21-29(47(55)73)23-37(78-7)43(34)64(52)17-10-11-18-65-44-35(61-53(65)63-50(76)46-32(9-2)58-28(4)82-46)22-30(48(56)74)24-38(44)79-19-12-20-80-51(77)54(5,6)25-36(67)33(13-16-42(71)72)59-39(68)26-66-40(69)14-15-41(66)70/h10-11,14-15,21-24,33H,8-9,12-13,16-20,25-26H2,1-7H3,(H2,55,73)(H2,56,74)(H,59,68)(H,71,72)(H,60,62,75)(H,61,63,76)/b11-10+/t33-/m1/s1. The molecule has 0 aliphatic carbocycles. The van der Waals surface area contributed by atoms with E-state index in [1.807, 2.05) is 6.92 Å². The van der Waals surface area contributed by atoms with E-state index in [2.05, 4.69) is 35.9 Å². The molecule has 7 amide bonds. The van der Waals surface area contributed by atoms with Crippen LogP contribution in [0.15, 0.2) is 57.4 Å². The second-order valence-electron chi connectivity index (χ2n) is 19.3. The molecule has 2 aromatic carbocycles. The highest BCUT2D eigenvalue weighted by Gasteiger charge is 2.36. The third-order valence-electron chi connectivity index (χ3n) is 12.8. The number of nitrogens with two attached hydrogens (primary N) is 2. The number of imidazole rings is 2. The van der Waals surface area contributed by atoms with Gasteiger partial charge in [0, 0.05) is 69.5 Å². The maximum atomic E-state index is 13.9. The number of oxazole rings is 2. The Bertz CT molecular complexity index is 3600. The van der Waals surface area contributed by atoms with Crippen LogP contribution in [0.25, 0.3) is 22.1 Å². The molecule has 0 unspecified atom stereocenters. The van der Waals surface area contributed by atoms with Crippen molar-refractivity contribution in [2.45, 2.75) is 99.2 Å². The second-order valence-corrected chi connectivity index (χ2v) is 19.3. The van der Waals surface area contributed by atoms with Crippen molar-refractivity contribution in [3.05, 3.63) is 94.4 Å². The van der Waals surface area contributed by atoms with Crippen molar-refractivity contribution in [1.82, 2.24) is 39.3 Å². The van der Waals surface area contributed by atoms with Crippen molar-refractivity contribution in [2.75, 3.05) is 37.5 Å². The third-order valence-corrected chi connectivity index (χ3v) is 12.8. The predicted molar refractivity (Wildman–Crippen MR) is 288 cm³/mol. The van der Waals surface area contributed by atoms with E-state index in [0.29, 0.717) is 34.6 Å². The molecule has 8 N–H and O–H groups in total. The Morgan fingerprint density at radius 1 is 0.744 bits per heavy atom. The summed E-state index contributed by atoms with van der Waals surface area (Å²) in [7, 11) is 1.39. The Hall–Kier alpha value is -10.0. The van der Waals surface area contributed by atoms with Gasteiger partial charge in [-0.3, -0.25) is 63.5 Å². The number of Topliss-reactive ketones (excluding diaryl/α,β-unsaturated/α-hetero) is 1. The number of rotatable bonds is 28. The zero-order valence-electron chi connectivity index (χ0n) is 45.8. The molecule has 0 spiro atoms. The number of carbonyl (C=O) groups excluding carboxylic acids is 9. The fraction of sp³-hybridized carbons (Fsp3) is 0.370. The molecule has 432 valence electrons. The number of ether oxygens (including phenoxy) is 3. The minimum absolute atomic E-state index is 0.00743. The average Bonchev–Trinajstić information content (AvgIpc) is 4.44. The summed E-state index contributed by atoms with van der Waals surface area (Å²) in [6.07, 6.45) is 4.85. The Labute approximate surface area is 466 Å². The topological polar surface area (TPSA) is 398 Å². The molecule has 5 heterocycles. The molecule has 82 heavy (non-hydrogen) atoms. The van der Waals surface area contributed by atoms with Crippen molar-refractivity contribution >= 4 is 93.0 Å². The van der Waals surface area contributed by atoms with Crippen LogP contribution < -0.4 is 36.9 Å². The van der Waals surface area contributed by atoms with Gasteiger partial charge >= 0.3 is 11.9 Å². The van der Waals surface area contributed by atoms with Gasteiger partial charge in [-0.25, -0.2) is 19.9 Å². The van der Waals surface area contributed by atoms with E-state index in [9.17, 15) is 53.1 Å². The Morgan fingerprint density at radius 3 is 1.72 bits per heavy atom. The van der Waals surface area contributed by atoms with Gasteiger partial charge in [0.15, 0.2) is 17.6 Å². The van der Waals surface area contributed by atoms with Gasteiger partial charge in [-0.15, -0.1) is 0 Å². The second kappa shape index (κ2) is 25.4. The van der Waals surface area contributed by atoms with Crippen molar-refractivity contribution in [3.8, 4) is 11.5 Å². The van der Waals surface area contributed by atoms with E-state index < -0.39 is 89.9 Å². The fourth-order valence-corrected chi connectivity index (χ4v) is 8.79. The molecule has 28 heteroatoms. The quantitative estimate of drug-likeness (QED) is 0.0177. The van der Waals surface area contributed by atoms with Crippen LogP contribution in [0.3, 0.4) is 0 Å². The van der Waals surface area contributed by atoms with Crippen LogP contribution in [-0.2, 0) is 59.4 Å². The minimum Gasteiger partial charge on any atom is -0.494 e. The lowest BCUT2D eigenvalue weighted by Gasteiger charge is -2.25. The molecule has 7 rings (SSSR count). The highest BCUT2D eigenvalue weighted by atomic mass is 16.5. The number of hydrogen-bond donors (Lipinski definition) is 6. The van der Waals surface area contributed by atoms with Gasteiger partial charge in [0.1, 0.15) is 29.1 Å². The number of imide groups is 1. The molecule has 0 bridgehead atoms. The van der Waals surface area contributed by atoms with Crippen LogP contribution in [0, 0.1) is 19.3 Å². The number of hydrogen-bond acceptors (Lipinski definition) is 19. The predicted octanol–water partition coefficient (Wildman–Crippen LogP) is 3.64. The smallest absolute Gasteiger partial charge is 0.311 e. The number of carbonyl (C=O) groups is 10. The maximum Gasteiger partial charge on any atom is 0.311 e. The van der Waals surface area contributed by atoms with Gasteiger partial charge in [0.2, 0.25) is 41.1 Å². The van der Waals surface area contributed by atoms with Gasteiger partial charge in [0.25, 0.3) is 23.6 Å². The molecule has 4 aromatic heterocycles. The number of methoxy groups -OCH3 is 1. The van der Waals surface area contributed by atoms with Crippen LogP contribution in [0.5, 0.6) is 11.5 Å². The summed E-state index contributed by atoms with van der Waals surface area (Å²) >= 11 is 0. The van der Waals surface area contributed by atoms with Gasteiger partial charge in [0.05, 0.1) is 54.2 Å². The molecule has 6 aromatic rings. The molecular weight excluding hydrogens is 1070 g/mol. The van der Waals surface area contributed by atoms with Crippen molar-refractivity contribution in [3.63, 3.8) is 0 Å². The van der Waals surface area contributed by atoms with Crippen LogP contribution in [0.1, 0.15) is 118 Å². The lowest BCUT2D eigenvalue weighted by atomic mass is 9.84. The van der Waals surface area contributed by atoms with Crippen molar-refractivity contribution < 1.29 is 76.1 Å². The van der Waals surface area contributed by atoms with E-state index in [1.165, 1.54) is 45.2 Å². The number of esters is 1.